The summed E-state index contributed by atoms with van der Waals surface area (Å²) in [5.74, 6) is 1.49. The molecule has 5 heteroatoms. The van der Waals surface area contributed by atoms with Crippen molar-refractivity contribution in [1.82, 2.24) is 9.97 Å². The first-order chi connectivity index (χ1) is 10.6. The summed E-state index contributed by atoms with van der Waals surface area (Å²) in [6.07, 6.45) is 2.13. The summed E-state index contributed by atoms with van der Waals surface area (Å²) in [6.45, 7) is 4.52. The lowest BCUT2D eigenvalue weighted by Crippen LogP contribution is -2.26. The molecule has 0 aliphatic carbocycles. The average molecular weight is 299 g/mol. The Morgan fingerprint density at radius 2 is 2.14 bits per heavy atom. The molecule has 0 bridgehead atoms. The topological polar surface area (TPSA) is 58.5 Å². The lowest BCUT2D eigenvalue weighted by Gasteiger charge is -2.25. The van der Waals surface area contributed by atoms with Crippen LogP contribution in [0.1, 0.15) is 29.3 Å². The molecule has 2 atom stereocenters. The number of anilines is 1. The predicted octanol–water partition coefficient (Wildman–Crippen LogP) is 2.41. The Balaban J connectivity index is 1.96. The fourth-order valence-electron chi connectivity index (χ4n) is 2.85. The van der Waals surface area contributed by atoms with Crippen molar-refractivity contribution in [2.75, 3.05) is 18.6 Å². The molecule has 1 aliphatic rings. The number of rotatable bonds is 3. The van der Waals surface area contributed by atoms with Crippen LogP contribution in [0.25, 0.3) is 0 Å². The van der Waals surface area contributed by atoms with Gasteiger partial charge >= 0.3 is 0 Å². The van der Waals surface area contributed by atoms with Crippen molar-refractivity contribution in [3.8, 4) is 5.75 Å². The molecule has 1 aromatic heterocycles. The summed E-state index contributed by atoms with van der Waals surface area (Å²) in [5.41, 5.74) is 3.15. The fourth-order valence-corrected chi connectivity index (χ4v) is 2.85. The van der Waals surface area contributed by atoms with Crippen LogP contribution in [0.5, 0.6) is 5.75 Å². The van der Waals surface area contributed by atoms with Gasteiger partial charge in [-0.3, -0.25) is 0 Å². The summed E-state index contributed by atoms with van der Waals surface area (Å²) >= 11 is 0. The maximum atomic E-state index is 10.1. The van der Waals surface area contributed by atoms with Gasteiger partial charge < -0.3 is 14.7 Å². The van der Waals surface area contributed by atoms with Gasteiger partial charge in [-0.05, 0) is 43.5 Å². The molecule has 0 saturated carbocycles. The number of aliphatic hydroxyl groups excluding tert-OH is 1. The summed E-state index contributed by atoms with van der Waals surface area (Å²) in [5, 5.41) is 10.1. The largest absolute Gasteiger partial charge is 0.497 e. The van der Waals surface area contributed by atoms with Crippen molar-refractivity contribution in [3.05, 3.63) is 47.3 Å². The smallest absolute Gasteiger partial charge is 0.226 e. The van der Waals surface area contributed by atoms with Crippen molar-refractivity contribution >= 4 is 5.95 Å². The van der Waals surface area contributed by atoms with Crippen LogP contribution in [0.15, 0.2) is 30.5 Å². The third-order valence-electron chi connectivity index (χ3n) is 4.23. The first kappa shape index (κ1) is 14.8. The lowest BCUT2D eigenvalue weighted by atomic mass is 10.0. The second-order valence-electron chi connectivity index (χ2n) is 5.77. The number of hydrogen-bond acceptors (Lipinski definition) is 5. The first-order valence-corrected chi connectivity index (χ1v) is 7.47. The highest BCUT2D eigenvalue weighted by Crippen LogP contribution is 2.35. The molecule has 5 nitrogen and oxygen atoms in total. The summed E-state index contributed by atoms with van der Waals surface area (Å²) < 4.78 is 5.30. The van der Waals surface area contributed by atoms with Crippen molar-refractivity contribution in [2.24, 2.45) is 0 Å². The summed E-state index contributed by atoms with van der Waals surface area (Å²) in [7, 11) is 1.66. The van der Waals surface area contributed by atoms with Gasteiger partial charge in [0.1, 0.15) is 5.75 Å². The van der Waals surface area contributed by atoms with E-state index in [1.165, 1.54) is 0 Å². The van der Waals surface area contributed by atoms with E-state index < -0.39 is 0 Å². The Labute approximate surface area is 130 Å². The molecule has 2 heterocycles. The number of benzene rings is 1. The first-order valence-electron chi connectivity index (χ1n) is 7.47. The van der Waals surface area contributed by atoms with E-state index in [0.717, 1.165) is 22.6 Å². The zero-order valence-corrected chi connectivity index (χ0v) is 13.2. The number of aryl methyl sites for hydroxylation is 2. The zero-order valence-electron chi connectivity index (χ0n) is 13.2. The minimum atomic E-state index is -0.374. The summed E-state index contributed by atoms with van der Waals surface area (Å²) in [4.78, 5) is 11.1. The van der Waals surface area contributed by atoms with Gasteiger partial charge in [0, 0.05) is 18.4 Å². The number of ether oxygens (including phenoxy) is 1. The summed E-state index contributed by atoms with van der Waals surface area (Å²) in [6, 6.07) is 8.02. The predicted molar refractivity (Wildman–Crippen MR) is 85.2 cm³/mol. The quantitative estimate of drug-likeness (QED) is 0.943. The highest BCUT2D eigenvalue weighted by molar-refractivity contribution is 5.42. The number of aromatic nitrogens is 2. The van der Waals surface area contributed by atoms with Crippen LogP contribution in [0, 0.1) is 13.8 Å². The van der Waals surface area contributed by atoms with Crippen LogP contribution in [-0.4, -0.2) is 34.8 Å². The molecule has 0 unspecified atom stereocenters. The van der Waals surface area contributed by atoms with Gasteiger partial charge in [-0.2, -0.15) is 0 Å². The average Bonchev–Trinajstić information content (AvgIpc) is 2.92. The highest BCUT2D eigenvalue weighted by atomic mass is 16.5. The van der Waals surface area contributed by atoms with E-state index >= 15 is 0 Å². The maximum Gasteiger partial charge on any atom is 0.226 e. The van der Waals surface area contributed by atoms with E-state index in [1.54, 1.807) is 7.11 Å². The Bertz CT molecular complexity index is 675. The monoisotopic (exact) mass is 299 g/mol. The molecule has 2 aromatic rings. The standard InChI is InChI=1S/C17H21N3O2/c1-11-9-18-17(19-12(11)2)20-10-14(21)8-16(20)13-5-4-6-15(7-13)22-3/h4-7,9,14,16,21H,8,10H2,1-3H3/t14-,16+/m1/s1. The van der Waals surface area contributed by atoms with Gasteiger partial charge in [0.25, 0.3) is 0 Å². The molecule has 0 radical (unpaired) electrons. The van der Waals surface area contributed by atoms with Crippen LogP contribution in [0.2, 0.25) is 0 Å². The molecule has 1 fully saturated rings. The molecule has 1 aliphatic heterocycles. The Hall–Kier alpha value is -2.14. The van der Waals surface area contributed by atoms with Crippen LogP contribution in [0.3, 0.4) is 0 Å². The number of aliphatic hydroxyl groups is 1. The van der Waals surface area contributed by atoms with E-state index in [4.69, 9.17) is 4.74 Å². The fraction of sp³-hybridized carbons (Fsp3) is 0.412. The van der Waals surface area contributed by atoms with E-state index in [2.05, 4.69) is 20.9 Å². The minimum absolute atomic E-state index is 0.0622. The number of hydrogen-bond donors (Lipinski definition) is 1. The molecule has 1 saturated heterocycles. The third-order valence-corrected chi connectivity index (χ3v) is 4.23. The van der Waals surface area contributed by atoms with Crippen LogP contribution >= 0.6 is 0 Å². The highest BCUT2D eigenvalue weighted by Gasteiger charge is 2.34. The van der Waals surface area contributed by atoms with Crippen molar-refractivity contribution in [1.29, 1.82) is 0 Å². The SMILES string of the molecule is COc1cccc([C@@H]2C[C@@H](O)CN2c2ncc(C)c(C)n2)c1. The number of nitrogens with zero attached hydrogens (tertiary/aromatic N) is 3. The van der Waals surface area contributed by atoms with E-state index in [1.807, 2.05) is 38.2 Å². The van der Waals surface area contributed by atoms with Crippen LogP contribution in [-0.2, 0) is 0 Å². The van der Waals surface area contributed by atoms with Crippen LogP contribution in [0.4, 0.5) is 5.95 Å². The van der Waals surface area contributed by atoms with Gasteiger partial charge in [-0.1, -0.05) is 12.1 Å². The molecule has 0 amide bonds. The Morgan fingerprint density at radius 3 is 2.86 bits per heavy atom. The molecule has 116 valence electrons. The maximum absolute atomic E-state index is 10.1. The van der Waals surface area contributed by atoms with Gasteiger partial charge in [0.15, 0.2) is 0 Å². The lowest BCUT2D eigenvalue weighted by molar-refractivity contribution is 0.194. The number of methoxy groups -OCH3 is 1. The zero-order chi connectivity index (χ0) is 15.7. The van der Waals surface area contributed by atoms with Gasteiger partial charge in [0.2, 0.25) is 5.95 Å². The molecular weight excluding hydrogens is 278 g/mol. The molecule has 0 spiro atoms. The van der Waals surface area contributed by atoms with Crippen molar-refractivity contribution in [3.63, 3.8) is 0 Å². The number of β-amino-alcohol motifs (C(OH)–C–C–N with tert-alkyl or cyclic N) is 1. The third kappa shape index (κ3) is 2.76. The second kappa shape index (κ2) is 5.93. The molecule has 3 rings (SSSR count). The van der Waals surface area contributed by atoms with Gasteiger partial charge in [0.05, 0.1) is 19.3 Å². The molecular formula is C17H21N3O2. The van der Waals surface area contributed by atoms with Gasteiger partial charge in [-0.25, -0.2) is 9.97 Å². The van der Waals surface area contributed by atoms with E-state index in [9.17, 15) is 5.11 Å². The minimum Gasteiger partial charge on any atom is -0.497 e. The normalized spacial score (nSPS) is 21.2. The Kier molecular flexibility index (Phi) is 3.98. The van der Waals surface area contributed by atoms with Crippen LogP contribution < -0.4 is 9.64 Å². The molecule has 22 heavy (non-hydrogen) atoms. The molecule has 1 aromatic carbocycles. The second-order valence-corrected chi connectivity index (χ2v) is 5.77. The van der Waals surface area contributed by atoms with Gasteiger partial charge in [-0.15, -0.1) is 0 Å². The van der Waals surface area contributed by atoms with E-state index in [0.29, 0.717) is 18.9 Å². The Morgan fingerprint density at radius 1 is 1.32 bits per heavy atom. The molecule has 1 N–H and O–H groups in total. The van der Waals surface area contributed by atoms with Crippen molar-refractivity contribution in [2.45, 2.75) is 32.4 Å². The van der Waals surface area contributed by atoms with E-state index in [-0.39, 0.29) is 12.1 Å². The van der Waals surface area contributed by atoms with Crippen molar-refractivity contribution < 1.29 is 9.84 Å².